The Hall–Kier alpha value is -0.470. The average Bonchev–Trinajstić information content (AvgIpc) is 1.19. The molecule has 0 aliphatic carbocycles. The molecule has 11 heteroatoms. The average molecular weight is 217 g/mol. The van der Waals surface area contributed by atoms with Gasteiger partial charge in [0, 0.05) is 0 Å². The van der Waals surface area contributed by atoms with Crippen molar-refractivity contribution >= 4 is 20.2 Å². The van der Waals surface area contributed by atoms with Gasteiger partial charge in [-0.2, -0.15) is 0 Å². The predicted octanol–water partition coefficient (Wildman–Crippen LogP) is -0.702. The smallest absolute Gasteiger partial charge is 0.328 e. The van der Waals surface area contributed by atoms with Gasteiger partial charge in [-0.15, -0.1) is 22.5 Å². The fraction of sp³-hybridized carbons (Fsp3) is 0. The van der Waals surface area contributed by atoms with Gasteiger partial charge in [-0.1, -0.05) is 0 Å². The molecule has 0 fully saturated rings. The van der Waals surface area contributed by atoms with Gasteiger partial charge in [0.25, 0.3) is 5.09 Å². The molecular formula is H6ClFNO7P. The predicted molar refractivity (Wildman–Crippen MR) is 32.8 cm³/mol. The minimum Gasteiger partial charge on any atom is -0.328 e. The van der Waals surface area contributed by atoms with Crippen LogP contribution in [0.4, 0.5) is 4.70 Å². The van der Waals surface area contributed by atoms with Gasteiger partial charge in [0.1, 0.15) is 0 Å². The number of phosphoric acid groups is 1. The highest BCUT2D eigenvalue weighted by atomic mass is 35.5. The quantitative estimate of drug-likeness (QED) is 0.239. The maximum absolute atomic E-state index is 8.88. The van der Waals surface area contributed by atoms with E-state index >= 15 is 0 Å². The Morgan fingerprint density at radius 2 is 1.27 bits per heavy atom. The van der Waals surface area contributed by atoms with Crippen molar-refractivity contribution in [3.8, 4) is 0 Å². The fourth-order valence-electron chi connectivity index (χ4n) is 0. The molecule has 0 aromatic heterocycles. The molecule has 0 saturated heterocycles. The lowest BCUT2D eigenvalue weighted by atomic mass is 13.1. The standard InChI is InChI=1S/ClH.FH.HNO3.H3O4P/c;;2-1(3)4;1-5(2,3)4/h2*1H;(H,2,3,4);(H3,1,2,3,4). The van der Waals surface area contributed by atoms with E-state index in [-0.39, 0.29) is 17.1 Å². The molecule has 72 valence electrons. The summed E-state index contributed by atoms with van der Waals surface area (Å²) in [6, 6.07) is 0. The van der Waals surface area contributed by atoms with E-state index in [1.807, 2.05) is 0 Å². The Kier molecular flexibility index (Phi) is 19.4. The van der Waals surface area contributed by atoms with Crippen LogP contribution in [-0.4, -0.2) is 25.0 Å². The largest absolute Gasteiger partial charge is 0.466 e. The Bertz CT molecular complexity index is 118. The summed E-state index contributed by atoms with van der Waals surface area (Å²) < 4.78 is 8.88. The van der Waals surface area contributed by atoms with Crippen LogP contribution in [0.2, 0.25) is 0 Å². The third kappa shape index (κ3) is 2450. The maximum atomic E-state index is 8.88. The second kappa shape index (κ2) is 9.53. The number of hydrogen-bond donors (Lipinski definition) is 4. The van der Waals surface area contributed by atoms with Crippen LogP contribution in [0.1, 0.15) is 0 Å². The van der Waals surface area contributed by atoms with E-state index in [1.165, 1.54) is 0 Å². The van der Waals surface area contributed by atoms with Gasteiger partial charge in [-0.25, -0.2) is 4.57 Å². The van der Waals surface area contributed by atoms with Crippen molar-refractivity contribution in [3.63, 3.8) is 0 Å². The molecule has 0 heterocycles. The molecule has 8 nitrogen and oxygen atoms in total. The van der Waals surface area contributed by atoms with Gasteiger partial charge in [0.2, 0.25) is 0 Å². The van der Waals surface area contributed by atoms with E-state index in [2.05, 4.69) is 0 Å². The molecule has 0 bridgehead atoms. The van der Waals surface area contributed by atoms with Gasteiger partial charge in [-0.3, -0.25) is 4.70 Å². The molecule has 0 aromatic rings. The third-order valence-corrected chi connectivity index (χ3v) is 0. The van der Waals surface area contributed by atoms with Crippen LogP contribution < -0.4 is 0 Å². The minimum atomic E-state index is -4.64. The number of rotatable bonds is 0. The molecule has 0 spiro atoms. The maximum Gasteiger partial charge on any atom is 0.466 e. The SMILES string of the molecule is Cl.F.O=P(O)(O)O.O=[N+]([O-])O. The lowest BCUT2D eigenvalue weighted by Crippen LogP contribution is -1.81. The van der Waals surface area contributed by atoms with Gasteiger partial charge in [-0.05, 0) is 0 Å². The Morgan fingerprint density at radius 3 is 1.27 bits per heavy atom. The second-order valence-electron chi connectivity index (χ2n) is 0.751. The molecule has 0 amide bonds. The monoisotopic (exact) mass is 217 g/mol. The zero-order valence-electron chi connectivity index (χ0n) is 4.72. The molecule has 0 unspecified atom stereocenters. The summed E-state index contributed by atoms with van der Waals surface area (Å²) in [5.41, 5.74) is 0. The van der Waals surface area contributed by atoms with Crippen molar-refractivity contribution in [2.24, 2.45) is 0 Å². The highest BCUT2D eigenvalue weighted by molar-refractivity contribution is 7.45. The lowest BCUT2D eigenvalue weighted by molar-refractivity contribution is -0.742. The van der Waals surface area contributed by atoms with Crippen molar-refractivity contribution < 1.29 is 34.2 Å². The first-order chi connectivity index (χ1) is 3.73. The van der Waals surface area contributed by atoms with Crippen LogP contribution in [0.25, 0.3) is 0 Å². The Labute approximate surface area is 65.6 Å². The summed E-state index contributed by atoms with van der Waals surface area (Å²) >= 11 is 0. The molecule has 0 aliphatic rings. The summed E-state index contributed by atoms with van der Waals surface area (Å²) in [7, 11) is -4.64. The van der Waals surface area contributed by atoms with Gasteiger partial charge < -0.3 is 19.9 Å². The number of hydrogen-bond acceptors (Lipinski definition) is 3. The fourth-order valence-corrected chi connectivity index (χ4v) is 0. The van der Waals surface area contributed by atoms with Gasteiger partial charge >= 0.3 is 7.82 Å². The van der Waals surface area contributed by atoms with Crippen molar-refractivity contribution in [2.75, 3.05) is 0 Å². The van der Waals surface area contributed by atoms with E-state index in [0.717, 1.165) is 0 Å². The van der Waals surface area contributed by atoms with Crippen molar-refractivity contribution in [3.05, 3.63) is 10.1 Å². The molecule has 0 radical (unpaired) electrons. The highest BCUT2D eigenvalue weighted by Crippen LogP contribution is 2.25. The van der Waals surface area contributed by atoms with E-state index < -0.39 is 12.9 Å². The van der Waals surface area contributed by atoms with Gasteiger partial charge in [0.15, 0.2) is 0 Å². The van der Waals surface area contributed by atoms with Crippen LogP contribution >= 0.6 is 20.2 Å². The zero-order valence-corrected chi connectivity index (χ0v) is 6.44. The summed E-state index contributed by atoms with van der Waals surface area (Å²) in [6.07, 6.45) is 0. The van der Waals surface area contributed by atoms with E-state index in [0.29, 0.717) is 0 Å². The van der Waals surface area contributed by atoms with E-state index in [9.17, 15) is 0 Å². The normalized spacial score (nSPS) is 7.55. The molecule has 0 atom stereocenters. The lowest BCUT2D eigenvalue weighted by Gasteiger charge is -1.82. The van der Waals surface area contributed by atoms with Crippen LogP contribution in [0.15, 0.2) is 0 Å². The molecule has 4 N–H and O–H groups in total. The molecule has 0 aliphatic heterocycles. The summed E-state index contributed by atoms with van der Waals surface area (Å²) in [5, 5.41) is 13.6. The first-order valence-corrected chi connectivity index (χ1v) is 2.91. The van der Waals surface area contributed by atoms with E-state index in [4.69, 9.17) is 34.6 Å². The summed E-state index contributed by atoms with van der Waals surface area (Å²) in [5.74, 6) is 0. The first-order valence-electron chi connectivity index (χ1n) is 1.35. The molecule has 11 heavy (non-hydrogen) atoms. The third-order valence-electron chi connectivity index (χ3n) is 0. The molecule has 0 saturated carbocycles. The number of nitrogens with zero attached hydrogens (tertiary/aromatic N) is 1. The topological polar surface area (TPSA) is 141 Å². The second-order valence-corrected chi connectivity index (χ2v) is 1.78. The Balaban J connectivity index is -0.0000000383. The molecule has 0 rings (SSSR count). The Morgan fingerprint density at radius 1 is 1.27 bits per heavy atom. The molecule has 0 aromatic carbocycles. The van der Waals surface area contributed by atoms with Crippen LogP contribution in [-0.2, 0) is 4.57 Å². The van der Waals surface area contributed by atoms with E-state index in [1.54, 1.807) is 0 Å². The van der Waals surface area contributed by atoms with Crippen LogP contribution in [0, 0.1) is 10.1 Å². The van der Waals surface area contributed by atoms with Gasteiger partial charge in [0.05, 0.1) is 0 Å². The minimum absolute atomic E-state index is 0. The molecular weight excluding hydrogens is 211 g/mol. The summed E-state index contributed by atoms with van der Waals surface area (Å²) in [6.45, 7) is 0. The van der Waals surface area contributed by atoms with Crippen molar-refractivity contribution in [2.45, 2.75) is 0 Å². The van der Waals surface area contributed by atoms with Crippen molar-refractivity contribution in [1.29, 1.82) is 0 Å². The zero-order chi connectivity index (χ0) is 8.08. The number of halogens is 2. The summed E-state index contributed by atoms with van der Waals surface area (Å²) in [4.78, 5) is 29.9. The highest BCUT2D eigenvalue weighted by Gasteiger charge is 2.00. The van der Waals surface area contributed by atoms with Crippen molar-refractivity contribution in [1.82, 2.24) is 0 Å². The van der Waals surface area contributed by atoms with Crippen LogP contribution in [0.5, 0.6) is 0 Å². The first kappa shape index (κ1) is 22.4. The van der Waals surface area contributed by atoms with Crippen LogP contribution in [0.3, 0.4) is 0 Å².